The van der Waals surface area contributed by atoms with Crippen LogP contribution in [0.2, 0.25) is 0 Å². The second-order valence-corrected chi connectivity index (χ2v) is 5.83. The minimum Gasteiger partial charge on any atom is -0.349 e. The van der Waals surface area contributed by atoms with Gasteiger partial charge in [0.2, 0.25) is 0 Å². The van der Waals surface area contributed by atoms with Crippen LogP contribution in [-0.4, -0.2) is 21.5 Å². The zero-order chi connectivity index (χ0) is 15.5. The lowest BCUT2D eigenvalue weighted by Gasteiger charge is -2.22. The number of aryl methyl sites for hydroxylation is 1. The maximum absolute atomic E-state index is 12.6. The Morgan fingerprint density at radius 2 is 2.14 bits per heavy atom. The van der Waals surface area contributed by atoms with Crippen molar-refractivity contribution in [2.75, 3.05) is 0 Å². The number of hydrogen-bond acceptors (Lipinski definition) is 3. The molecule has 22 heavy (non-hydrogen) atoms. The Morgan fingerprint density at radius 3 is 2.86 bits per heavy atom. The van der Waals surface area contributed by atoms with Crippen LogP contribution in [0.3, 0.4) is 0 Å². The van der Waals surface area contributed by atoms with Gasteiger partial charge in [-0.25, -0.2) is 4.98 Å². The Kier molecular flexibility index (Phi) is 4.22. The number of aromatic nitrogens is 2. The van der Waals surface area contributed by atoms with Crippen LogP contribution in [0.1, 0.15) is 49.4 Å². The SMILES string of the molecule is CCn1c(=O)c(C(=O)NC2CCCCC2)cc2cccnc21. The van der Waals surface area contributed by atoms with Crippen molar-refractivity contribution in [2.24, 2.45) is 0 Å². The fourth-order valence-corrected chi connectivity index (χ4v) is 3.17. The summed E-state index contributed by atoms with van der Waals surface area (Å²) in [6, 6.07) is 5.55. The van der Waals surface area contributed by atoms with E-state index in [0.717, 1.165) is 31.1 Å². The van der Waals surface area contributed by atoms with E-state index >= 15 is 0 Å². The molecule has 116 valence electrons. The highest BCUT2D eigenvalue weighted by Crippen LogP contribution is 2.18. The maximum atomic E-state index is 12.6. The van der Waals surface area contributed by atoms with Gasteiger partial charge in [0.05, 0.1) is 0 Å². The number of amides is 1. The lowest BCUT2D eigenvalue weighted by atomic mass is 9.95. The number of carbonyl (C=O) groups excluding carboxylic acids is 1. The van der Waals surface area contributed by atoms with E-state index in [1.165, 1.54) is 6.42 Å². The van der Waals surface area contributed by atoms with Gasteiger partial charge in [0.25, 0.3) is 11.5 Å². The quantitative estimate of drug-likeness (QED) is 0.947. The van der Waals surface area contributed by atoms with Gasteiger partial charge in [0, 0.05) is 24.2 Å². The number of rotatable bonds is 3. The van der Waals surface area contributed by atoms with Gasteiger partial charge in [-0.2, -0.15) is 0 Å². The number of hydrogen-bond donors (Lipinski definition) is 1. The molecular weight excluding hydrogens is 278 g/mol. The van der Waals surface area contributed by atoms with Crippen molar-refractivity contribution >= 4 is 16.9 Å². The summed E-state index contributed by atoms with van der Waals surface area (Å²) in [6.07, 6.45) is 7.19. The van der Waals surface area contributed by atoms with Crippen LogP contribution >= 0.6 is 0 Å². The van der Waals surface area contributed by atoms with Crippen molar-refractivity contribution in [3.8, 4) is 0 Å². The summed E-state index contributed by atoms with van der Waals surface area (Å²) in [5, 5.41) is 3.84. The molecule has 2 aromatic rings. The summed E-state index contributed by atoms with van der Waals surface area (Å²) in [5.41, 5.74) is 0.583. The second-order valence-electron chi connectivity index (χ2n) is 5.83. The summed E-state index contributed by atoms with van der Waals surface area (Å²) in [7, 11) is 0. The summed E-state index contributed by atoms with van der Waals surface area (Å²) >= 11 is 0. The molecule has 1 amide bonds. The Morgan fingerprint density at radius 1 is 1.36 bits per heavy atom. The second kappa shape index (κ2) is 6.30. The van der Waals surface area contributed by atoms with Crippen LogP contribution in [0.5, 0.6) is 0 Å². The molecule has 1 aliphatic rings. The van der Waals surface area contributed by atoms with E-state index in [9.17, 15) is 9.59 Å². The molecular formula is C17H21N3O2. The molecule has 0 saturated heterocycles. The van der Waals surface area contributed by atoms with Crippen LogP contribution in [-0.2, 0) is 6.54 Å². The van der Waals surface area contributed by atoms with Crippen molar-refractivity contribution < 1.29 is 4.79 Å². The van der Waals surface area contributed by atoms with Crippen molar-refractivity contribution in [1.82, 2.24) is 14.9 Å². The topological polar surface area (TPSA) is 64.0 Å². The first kappa shape index (κ1) is 14.8. The van der Waals surface area contributed by atoms with Gasteiger partial charge in [0.15, 0.2) is 0 Å². The number of nitrogens with one attached hydrogen (secondary N) is 1. The smallest absolute Gasteiger partial charge is 0.265 e. The lowest BCUT2D eigenvalue weighted by molar-refractivity contribution is 0.0926. The summed E-state index contributed by atoms with van der Waals surface area (Å²) < 4.78 is 1.56. The van der Waals surface area contributed by atoms with Gasteiger partial charge in [-0.3, -0.25) is 14.2 Å². The monoisotopic (exact) mass is 299 g/mol. The van der Waals surface area contributed by atoms with E-state index in [4.69, 9.17) is 0 Å². The van der Waals surface area contributed by atoms with Crippen LogP contribution < -0.4 is 10.9 Å². The van der Waals surface area contributed by atoms with Crippen molar-refractivity contribution in [3.05, 3.63) is 40.3 Å². The fourth-order valence-electron chi connectivity index (χ4n) is 3.17. The van der Waals surface area contributed by atoms with Gasteiger partial charge in [-0.15, -0.1) is 0 Å². The van der Waals surface area contributed by atoms with Crippen molar-refractivity contribution in [1.29, 1.82) is 0 Å². The maximum Gasteiger partial charge on any atom is 0.265 e. The van der Waals surface area contributed by atoms with Crippen LogP contribution in [0.15, 0.2) is 29.2 Å². The minimum atomic E-state index is -0.262. The van der Waals surface area contributed by atoms with Crippen LogP contribution in [0.25, 0.3) is 11.0 Å². The molecule has 0 radical (unpaired) electrons. The van der Waals surface area contributed by atoms with Crippen molar-refractivity contribution in [3.63, 3.8) is 0 Å². The first-order chi connectivity index (χ1) is 10.7. The molecule has 0 aliphatic heterocycles. The third-order valence-electron chi connectivity index (χ3n) is 4.35. The van der Waals surface area contributed by atoms with E-state index in [1.54, 1.807) is 16.8 Å². The molecule has 0 spiro atoms. The fraction of sp³-hybridized carbons (Fsp3) is 0.471. The van der Waals surface area contributed by atoms with E-state index in [1.807, 2.05) is 19.1 Å². The lowest BCUT2D eigenvalue weighted by Crippen LogP contribution is -2.39. The van der Waals surface area contributed by atoms with Gasteiger partial charge >= 0.3 is 0 Å². The number of nitrogens with zero attached hydrogens (tertiary/aromatic N) is 2. The standard InChI is InChI=1S/C17H21N3O2/c1-2-20-15-12(7-6-10-18-15)11-14(17(20)22)16(21)19-13-8-4-3-5-9-13/h6-7,10-11,13H,2-5,8-9H2,1H3,(H,19,21). The van der Waals surface area contributed by atoms with E-state index in [2.05, 4.69) is 10.3 Å². The predicted molar refractivity (Wildman–Crippen MR) is 86.0 cm³/mol. The highest BCUT2D eigenvalue weighted by atomic mass is 16.2. The predicted octanol–water partition coefficient (Wildman–Crippen LogP) is 2.48. The molecule has 5 nitrogen and oxygen atoms in total. The average molecular weight is 299 g/mol. The molecule has 1 saturated carbocycles. The Labute approximate surface area is 129 Å². The van der Waals surface area contributed by atoms with E-state index < -0.39 is 0 Å². The Bertz CT molecular complexity index is 745. The third-order valence-corrected chi connectivity index (χ3v) is 4.35. The summed E-state index contributed by atoms with van der Waals surface area (Å²) in [5.74, 6) is -0.259. The zero-order valence-corrected chi connectivity index (χ0v) is 12.8. The molecule has 5 heteroatoms. The van der Waals surface area contributed by atoms with Gasteiger partial charge < -0.3 is 5.32 Å². The normalized spacial score (nSPS) is 15.9. The zero-order valence-electron chi connectivity index (χ0n) is 12.8. The van der Waals surface area contributed by atoms with E-state index in [0.29, 0.717) is 12.2 Å². The van der Waals surface area contributed by atoms with E-state index in [-0.39, 0.29) is 23.1 Å². The summed E-state index contributed by atoms with van der Waals surface area (Å²) in [6.45, 7) is 2.38. The molecule has 0 atom stereocenters. The number of fused-ring (bicyclic) bond motifs is 1. The largest absolute Gasteiger partial charge is 0.349 e. The molecule has 2 aromatic heterocycles. The summed E-state index contributed by atoms with van der Waals surface area (Å²) in [4.78, 5) is 29.3. The molecule has 2 heterocycles. The van der Waals surface area contributed by atoms with Gasteiger partial charge in [-0.1, -0.05) is 19.3 Å². The molecule has 0 unspecified atom stereocenters. The first-order valence-electron chi connectivity index (χ1n) is 8.00. The highest BCUT2D eigenvalue weighted by Gasteiger charge is 2.20. The Balaban J connectivity index is 1.97. The molecule has 3 rings (SSSR count). The molecule has 1 aliphatic carbocycles. The highest BCUT2D eigenvalue weighted by molar-refractivity contribution is 5.97. The van der Waals surface area contributed by atoms with Gasteiger partial charge in [-0.05, 0) is 38.0 Å². The average Bonchev–Trinajstić information content (AvgIpc) is 2.55. The van der Waals surface area contributed by atoms with Gasteiger partial charge in [0.1, 0.15) is 11.2 Å². The minimum absolute atomic E-state index is 0.195. The van der Waals surface area contributed by atoms with Crippen LogP contribution in [0, 0.1) is 0 Å². The molecule has 1 N–H and O–H groups in total. The van der Waals surface area contributed by atoms with Crippen molar-refractivity contribution in [2.45, 2.75) is 51.6 Å². The third kappa shape index (κ3) is 2.75. The molecule has 1 fully saturated rings. The number of pyridine rings is 2. The first-order valence-corrected chi connectivity index (χ1v) is 8.00. The van der Waals surface area contributed by atoms with Crippen LogP contribution in [0.4, 0.5) is 0 Å². The molecule has 0 bridgehead atoms. The number of carbonyl (C=O) groups is 1. The Hall–Kier alpha value is -2.17. The molecule has 0 aromatic carbocycles.